The van der Waals surface area contributed by atoms with Crippen LogP contribution < -0.4 is 10.2 Å². The molecule has 0 aromatic heterocycles. The molecule has 1 aliphatic carbocycles. The number of fused-ring (bicyclic) bond motifs is 1. The number of amides is 1. The quantitative estimate of drug-likeness (QED) is 0.0578. The predicted octanol–water partition coefficient (Wildman–Crippen LogP) is 16.1. The third kappa shape index (κ3) is 18.4. The van der Waals surface area contributed by atoms with Crippen molar-refractivity contribution in [1.82, 2.24) is 5.32 Å². The van der Waals surface area contributed by atoms with Crippen LogP contribution in [0.25, 0.3) is 5.57 Å². The summed E-state index contributed by atoms with van der Waals surface area (Å²) >= 11 is 0. The van der Waals surface area contributed by atoms with Crippen LogP contribution in [-0.2, 0) is 19.7 Å². The lowest BCUT2D eigenvalue weighted by Gasteiger charge is -2.42. The van der Waals surface area contributed by atoms with Gasteiger partial charge in [-0.2, -0.15) is 0 Å². The van der Waals surface area contributed by atoms with Crippen molar-refractivity contribution >= 4 is 29.4 Å². The average molecular weight is 860 g/mol. The molecule has 2 aliphatic rings. The number of carbonyl (C=O) groups excluding carboxylic acids is 2. The Balaban J connectivity index is 0.00000162. The maximum Gasteiger partial charge on any atom is 0.308 e. The number of unbranched alkanes of at least 4 members (excludes halogenated alkanes) is 4. The van der Waals surface area contributed by atoms with Crippen LogP contribution in [0.4, 0.5) is 10.1 Å². The number of carbonyl (C=O) groups is 2. The molecule has 1 saturated carbocycles. The molecule has 1 aliphatic heterocycles. The third-order valence-electron chi connectivity index (χ3n) is 11.5. The highest BCUT2D eigenvalue weighted by Gasteiger charge is 2.53. The van der Waals surface area contributed by atoms with E-state index in [1.807, 2.05) is 53.8 Å². The fourth-order valence-electron chi connectivity index (χ4n) is 7.53. The summed E-state index contributed by atoms with van der Waals surface area (Å²) in [6.45, 7) is 37.2. The van der Waals surface area contributed by atoms with Crippen molar-refractivity contribution in [1.29, 1.82) is 0 Å². The number of methoxy groups -OCH3 is 1. The predicted molar refractivity (Wildman–Crippen MR) is 269 cm³/mol. The molecule has 6 nitrogen and oxygen atoms in total. The van der Waals surface area contributed by atoms with Gasteiger partial charge in [0.15, 0.2) is 0 Å². The molecule has 1 fully saturated rings. The summed E-state index contributed by atoms with van der Waals surface area (Å²) in [6, 6.07) is 6.74. The van der Waals surface area contributed by atoms with Crippen molar-refractivity contribution in [2.45, 2.75) is 198 Å². The third-order valence-corrected chi connectivity index (χ3v) is 11.5. The Morgan fingerprint density at radius 1 is 0.984 bits per heavy atom. The summed E-state index contributed by atoms with van der Waals surface area (Å²) in [4.78, 5) is 31.7. The summed E-state index contributed by atoms with van der Waals surface area (Å²) in [5, 5.41) is 3.19. The first-order valence-corrected chi connectivity index (χ1v) is 24.1. The fourth-order valence-corrected chi connectivity index (χ4v) is 7.53. The molecule has 3 rings (SSSR count). The van der Waals surface area contributed by atoms with Crippen molar-refractivity contribution in [3.63, 3.8) is 0 Å². The Bertz CT molecular complexity index is 1660. The summed E-state index contributed by atoms with van der Waals surface area (Å²) in [5.74, 6) is 1.33. The zero-order valence-corrected chi connectivity index (χ0v) is 42.2. The van der Waals surface area contributed by atoms with Gasteiger partial charge in [0, 0.05) is 23.6 Å². The highest BCUT2D eigenvalue weighted by Crippen LogP contribution is 2.52. The minimum absolute atomic E-state index is 0.0556. The first kappa shape index (κ1) is 58.0. The Hall–Kier alpha value is -4.00. The number of nitrogens with zero attached hydrogens (tertiary/aromatic N) is 2. The van der Waals surface area contributed by atoms with Gasteiger partial charge in [0.1, 0.15) is 5.83 Å². The molecular weight excluding hydrogens is 770 g/mol. The van der Waals surface area contributed by atoms with Crippen molar-refractivity contribution in [2.24, 2.45) is 22.7 Å². The number of hydrogen-bond acceptors (Lipinski definition) is 5. The maximum absolute atomic E-state index is 14.4. The number of ether oxygens (including phenoxy) is 1. The molecule has 1 amide bonds. The molecule has 62 heavy (non-hydrogen) atoms. The normalized spacial score (nSPS) is 17.9. The molecule has 7 heteroatoms. The second-order valence-electron chi connectivity index (χ2n) is 17.6. The van der Waals surface area contributed by atoms with Crippen LogP contribution >= 0.6 is 0 Å². The van der Waals surface area contributed by atoms with Crippen LogP contribution in [0, 0.1) is 17.8 Å². The van der Waals surface area contributed by atoms with E-state index < -0.39 is 11.2 Å². The minimum Gasteiger partial charge on any atom is -0.469 e. The molecule has 1 heterocycles. The second-order valence-corrected chi connectivity index (χ2v) is 17.6. The Kier molecular flexibility index (Phi) is 29.7. The molecule has 1 unspecified atom stereocenters. The lowest BCUT2D eigenvalue weighted by Crippen LogP contribution is -2.50. The smallest absolute Gasteiger partial charge is 0.308 e. The molecule has 0 radical (unpaired) electrons. The number of esters is 1. The SMILES string of the molecule is C=C/C(F)=C(\C=C/C)N/C(C)=C(C)/C(=C\C(=C)c1ccc2c(c1)N(C1CC(CC)C1)C(=O)C2(CCC)CCC)N=CCC.CC(C)C.CCC(C)C(=O)OC.CCCCCCC. The Morgan fingerprint density at radius 2 is 1.56 bits per heavy atom. The lowest BCUT2D eigenvalue weighted by atomic mass is 9.73. The van der Waals surface area contributed by atoms with Gasteiger partial charge >= 0.3 is 5.97 Å². The van der Waals surface area contributed by atoms with Crippen molar-refractivity contribution in [3.05, 3.63) is 95.3 Å². The van der Waals surface area contributed by atoms with Crippen LogP contribution in [0.2, 0.25) is 0 Å². The highest BCUT2D eigenvalue weighted by atomic mass is 19.1. The van der Waals surface area contributed by atoms with E-state index in [9.17, 15) is 14.0 Å². The minimum atomic E-state index is -0.441. The largest absolute Gasteiger partial charge is 0.469 e. The first-order valence-electron chi connectivity index (χ1n) is 24.1. The number of nitrogens with one attached hydrogen (secondary N) is 1. The van der Waals surface area contributed by atoms with E-state index >= 15 is 0 Å². The van der Waals surface area contributed by atoms with E-state index in [1.54, 1.807) is 12.2 Å². The van der Waals surface area contributed by atoms with E-state index in [0.29, 0.717) is 11.6 Å². The monoisotopic (exact) mass is 860 g/mol. The molecule has 1 atom stereocenters. The molecular formula is C55H90FN3O3. The molecule has 0 saturated heterocycles. The van der Waals surface area contributed by atoms with E-state index in [2.05, 4.69) is 102 Å². The van der Waals surface area contributed by atoms with E-state index in [4.69, 9.17) is 4.99 Å². The van der Waals surface area contributed by atoms with E-state index in [-0.39, 0.29) is 23.8 Å². The van der Waals surface area contributed by atoms with Gasteiger partial charge in [-0.1, -0.05) is 159 Å². The van der Waals surface area contributed by atoms with E-state index in [1.165, 1.54) is 50.9 Å². The van der Waals surface area contributed by atoms with E-state index in [0.717, 1.165) is 97.5 Å². The van der Waals surface area contributed by atoms with Crippen LogP contribution in [-0.4, -0.2) is 31.2 Å². The molecule has 0 spiro atoms. The van der Waals surface area contributed by atoms with Gasteiger partial charge in [0.2, 0.25) is 5.91 Å². The standard InChI is InChI=1S/C38H52FN3O.C7H16.C6H12O2.C4H10/c1-10-16-34(33(39)15-6)41-28(9)27(8)35(40-21-13-4)22-26(7)30-17-18-32-36(25-30)42(31-23-29(14-5)24-31)37(43)38(32,19-11-2)20-12-3;1-3-5-7-6-4-2;1-4-5(2)6(7)8-3;1-4(2)3/h10,15-18,21-22,25,29,31,41H,6-7,11-14,19-20,23-24H2,1-5,8-9H3;3-7H2,1-2H3;5H,4H2,1-3H3;4H,1-3H3/b16-10-,28-27+,34-33-,35-22+,40-21?;;;. The fraction of sp³-hybridized carbons (Fsp3) is 0.618. The number of halogens is 1. The highest BCUT2D eigenvalue weighted by molar-refractivity contribution is 6.09. The van der Waals surface area contributed by atoms with Gasteiger partial charge in [-0.25, -0.2) is 4.39 Å². The molecule has 350 valence electrons. The zero-order valence-electron chi connectivity index (χ0n) is 42.2. The summed E-state index contributed by atoms with van der Waals surface area (Å²) in [5.41, 5.74) is 6.34. The van der Waals surface area contributed by atoms with Crippen LogP contribution in [0.15, 0.2) is 89.1 Å². The number of hydrogen-bond donors (Lipinski definition) is 1. The molecule has 0 bridgehead atoms. The van der Waals surface area contributed by atoms with Gasteiger partial charge in [-0.05, 0) is 118 Å². The lowest BCUT2D eigenvalue weighted by molar-refractivity contribution is -0.144. The molecule has 1 aromatic carbocycles. The maximum atomic E-state index is 14.4. The number of aliphatic imine (C=N–C) groups is 1. The van der Waals surface area contributed by atoms with Gasteiger partial charge < -0.3 is 15.0 Å². The number of rotatable bonds is 21. The van der Waals surface area contributed by atoms with Crippen LogP contribution in [0.1, 0.15) is 198 Å². The Labute approximate surface area is 380 Å². The number of anilines is 1. The van der Waals surface area contributed by atoms with Gasteiger partial charge in [0.25, 0.3) is 0 Å². The van der Waals surface area contributed by atoms with Crippen molar-refractivity contribution in [2.75, 3.05) is 12.0 Å². The van der Waals surface area contributed by atoms with Crippen molar-refractivity contribution < 1.29 is 18.7 Å². The number of benzene rings is 1. The van der Waals surface area contributed by atoms with Gasteiger partial charge in [-0.15, -0.1) is 0 Å². The first-order chi connectivity index (χ1) is 29.5. The summed E-state index contributed by atoms with van der Waals surface area (Å²) < 4.78 is 18.9. The van der Waals surface area contributed by atoms with Crippen molar-refractivity contribution in [3.8, 4) is 0 Å². The topological polar surface area (TPSA) is 71.0 Å². The van der Waals surface area contributed by atoms with Gasteiger partial charge in [-0.3, -0.25) is 14.6 Å². The zero-order chi connectivity index (χ0) is 47.4. The van der Waals surface area contributed by atoms with Gasteiger partial charge in [0.05, 0.1) is 29.8 Å². The average Bonchev–Trinajstić information content (AvgIpc) is 3.46. The summed E-state index contributed by atoms with van der Waals surface area (Å²) in [7, 11) is 1.41. The Morgan fingerprint density at radius 3 is 2.00 bits per heavy atom. The second kappa shape index (κ2) is 31.8. The molecule has 1 N–H and O–H groups in total. The molecule has 1 aromatic rings. The summed E-state index contributed by atoms with van der Waals surface area (Å²) in [6.07, 6.45) is 24.2. The van der Waals surface area contributed by atoms with Crippen LogP contribution in [0.3, 0.4) is 0 Å². The van der Waals surface area contributed by atoms with Crippen LogP contribution in [0.5, 0.6) is 0 Å². The number of allylic oxidation sites excluding steroid dienone is 8.